The summed E-state index contributed by atoms with van der Waals surface area (Å²) in [6.45, 7) is 12.0. The molecule has 0 bridgehead atoms. The van der Waals surface area contributed by atoms with E-state index in [0.717, 1.165) is 25.7 Å². The zero-order valence-corrected chi connectivity index (χ0v) is 35.1. The number of hydrogen-bond acceptors (Lipinski definition) is 4. The van der Waals surface area contributed by atoms with Crippen molar-refractivity contribution in [2.45, 2.75) is 258 Å². The third kappa shape index (κ3) is 39.9. The van der Waals surface area contributed by atoms with Gasteiger partial charge in [-0.2, -0.15) is 0 Å². The van der Waals surface area contributed by atoms with Crippen molar-refractivity contribution < 1.29 is 19.1 Å². The molecule has 0 aromatic rings. The molecule has 2 amide bonds. The summed E-state index contributed by atoms with van der Waals surface area (Å²) < 4.78 is 11.8. The fraction of sp³-hybridized carbons (Fsp3) is 0.956. The second-order valence-electron chi connectivity index (χ2n) is 16.0. The molecule has 3 unspecified atom stereocenters. The van der Waals surface area contributed by atoms with Crippen LogP contribution >= 0.6 is 0 Å². The Morgan fingerprint density at radius 1 is 0.412 bits per heavy atom. The summed E-state index contributed by atoms with van der Waals surface area (Å²) in [7, 11) is 0. The highest BCUT2D eigenvalue weighted by Crippen LogP contribution is 2.15. The van der Waals surface area contributed by atoms with Crippen LogP contribution in [0.5, 0.6) is 0 Å². The maximum Gasteiger partial charge on any atom is 0.220 e. The summed E-state index contributed by atoms with van der Waals surface area (Å²) >= 11 is 0. The fourth-order valence-corrected chi connectivity index (χ4v) is 6.76. The molecule has 6 heteroatoms. The van der Waals surface area contributed by atoms with Crippen molar-refractivity contribution in [3.05, 3.63) is 0 Å². The molecule has 0 spiro atoms. The SMILES string of the molecule is CCCCCCCCCCCCCCCCCC(=O)NCC(C)OCC(C)OCC(C)NC(=O)CCCCCCCCCCCCCCCCC. The van der Waals surface area contributed by atoms with Crippen molar-refractivity contribution in [3.63, 3.8) is 0 Å². The maximum absolute atomic E-state index is 12.3. The van der Waals surface area contributed by atoms with Crippen LogP contribution in [-0.2, 0) is 19.1 Å². The van der Waals surface area contributed by atoms with Crippen LogP contribution in [0.4, 0.5) is 0 Å². The molecule has 0 radical (unpaired) electrons. The van der Waals surface area contributed by atoms with Gasteiger partial charge in [0.1, 0.15) is 0 Å². The molecule has 0 aliphatic heterocycles. The summed E-state index contributed by atoms with van der Waals surface area (Å²) in [5.74, 6) is 0.247. The zero-order chi connectivity index (χ0) is 37.5. The van der Waals surface area contributed by atoms with Gasteiger partial charge < -0.3 is 20.1 Å². The van der Waals surface area contributed by atoms with Crippen molar-refractivity contribution in [1.29, 1.82) is 0 Å². The molecule has 0 saturated heterocycles. The van der Waals surface area contributed by atoms with Crippen molar-refractivity contribution in [1.82, 2.24) is 10.6 Å². The standard InChI is InChI=1S/C45H90N2O4/c1-6-8-10-12-14-16-18-20-22-24-26-28-30-32-34-36-44(48)46-38-42(4)51-40-43(5)50-39-41(3)47-45(49)37-35-33-31-29-27-25-23-21-19-17-15-13-11-9-7-2/h41-43H,6-40H2,1-5H3,(H,46,48)(H,47,49). The lowest BCUT2D eigenvalue weighted by molar-refractivity contribution is -0.123. The number of carbonyl (C=O) groups excluding carboxylic acids is 2. The molecule has 0 aromatic carbocycles. The lowest BCUT2D eigenvalue weighted by Crippen LogP contribution is -2.37. The molecule has 3 atom stereocenters. The predicted octanol–water partition coefficient (Wildman–Crippen LogP) is 12.9. The second-order valence-corrected chi connectivity index (χ2v) is 16.0. The van der Waals surface area contributed by atoms with Gasteiger partial charge in [0.05, 0.1) is 25.4 Å². The predicted molar refractivity (Wildman–Crippen MR) is 221 cm³/mol. The van der Waals surface area contributed by atoms with E-state index >= 15 is 0 Å². The largest absolute Gasteiger partial charge is 0.374 e. The van der Waals surface area contributed by atoms with E-state index in [9.17, 15) is 9.59 Å². The Morgan fingerprint density at radius 3 is 1.10 bits per heavy atom. The Labute approximate surface area is 318 Å². The van der Waals surface area contributed by atoms with Crippen molar-refractivity contribution in [2.24, 2.45) is 0 Å². The molecule has 6 nitrogen and oxygen atoms in total. The fourth-order valence-electron chi connectivity index (χ4n) is 6.76. The highest BCUT2D eigenvalue weighted by Gasteiger charge is 2.12. The van der Waals surface area contributed by atoms with Crippen LogP contribution in [0.2, 0.25) is 0 Å². The molecular weight excluding hydrogens is 633 g/mol. The highest BCUT2D eigenvalue weighted by molar-refractivity contribution is 5.76. The van der Waals surface area contributed by atoms with Crippen LogP contribution in [0.15, 0.2) is 0 Å². The molecule has 0 saturated carbocycles. The lowest BCUT2D eigenvalue weighted by atomic mass is 10.0. The average molecular weight is 723 g/mol. The van der Waals surface area contributed by atoms with Crippen LogP contribution < -0.4 is 10.6 Å². The number of rotatable bonds is 41. The van der Waals surface area contributed by atoms with E-state index in [1.165, 1.54) is 167 Å². The molecule has 304 valence electrons. The number of hydrogen-bond donors (Lipinski definition) is 2. The number of unbranched alkanes of at least 4 members (excludes halogenated alkanes) is 28. The van der Waals surface area contributed by atoms with E-state index in [1.54, 1.807) is 0 Å². The van der Waals surface area contributed by atoms with Crippen LogP contribution in [0.25, 0.3) is 0 Å². The molecule has 0 heterocycles. The van der Waals surface area contributed by atoms with Crippen LogP contribution in [0, 0.1) is 0 Å². The van der Waals surface area contributed by atoms with Gasteiger partial charge in [0, 0.05) is 25.4 Å². The lowest BCUT2D eigenvalue weighted by Gasteiger charge is -2.20. The number of carbonyl (C=O) groups is 2. The minimum Gasteiger partial charge on any atom is -0.374 e. The molecule has 0 rings (SSSR count). The van der Waals surface area contributed by atoms with E-state index in [4.69, 9.17) is 9.47 Å². The molecule has 0 aliphatic rings. The van der Waals surface area contributed by atoms with E-state index in [1.807, 2.05) is 20.8 Å². The first-order valence-corrected chi connectivity index (χ1v) is 22.7. The van der Waals surface area contributed by atoms with Gasteiger partial charge in [-0.15, -0.1) is 0 Å². The maximum atomic E-state index is 12.3. The normalized spacial score (nSPS) is 13.3. The molecule has 51 heavy (non-hydrogen) atoms. The van der Waals surface area contributed by atoms with Gasteiger partial charge in [0.2, 0.25) is 11.8 Å². The first-order valence-electron chi connectivity index (χ1n) is 22.7. The second kappa shape index (κ2) is 40.1. The Bertz CT molecular complexity index is 733. The average Bonchev–Trinajstić information content (AvgIpc) is 3.12. The van der Waals surface area contributed by atoms with Crippen molar-refractivity contribution in [2.75, 3.05) is 19.8 Å². The summed E-state index contributed by atoms with van der Waals surface area (Å²) in [6, 6.07) is -0.0206. The topological polar surface area (TPSA) is 76.7 Å². The van der Waals surface area contributed by atoms with Gasteiger partial charge in [0.15, 0.2) is 0 Å². The first kappa shape index (κ1) is 49.9. The zero-order valence-electron chi connectivity index (χ0n) is 35.1. The minimum atomic E-state index is -0.0710. The molecule has 0 fully saturated rings. The number of ether oxygens (including phenoxy) is 2. The smallest absolute Gasteiger partial charge is 0.220 e. The Morgan fingerprint density at radius 2 is 0.725 bits per heavy atom. The quantitative estimate of drug-likeness (QED) is 0.0616. The third-order valence-electron chi connectivity index (χ3n) is 10.3. The van der Waals surface area contributed by atoms with Crippen LogP contribution in [-0.4, -0.2) is 49.8 Å². The third-order valence-corrected chi connectivity index (χ3v) is 10.3. The van der Waals surface area contributed by atoms with E-state index in [2.05, 4.69) is 24.5 Å². The van der Waals surface area contributed by atoms with Gasteiger partial charge in [-0.1, -0.05) is 194 Å². The molecule has 2 N–H and O–H groups in total. The monoisotopic (exact) mass is 723 g/mol. The van der Waals surface area contributed by atoms with Gasteiger partial charge in [-0.25, -0.2) is 0 Å². The van der Waals surface area contributed by atoms with Crippen molar-refractivity contribution in [3.8, 4) is 0 Å². The van der Waals surface area contributed by atoms with Gasteiger partial charge in [0.25, 0.3) is 0 Å². The first-order chi connectivity index (χ1) is 24.9. The summed E-state index contributed by atoms with van der Waals surface area (Å²) in [6.07, 6.45) is 41.1. The summed E-state index contributed by atoms with van der Waals surface area (Å²) in [5, 5.41) is 6.10. The molecule has 0 aliphatic carbocycles. The van der Waals surface area contributed by atoms with Gasteiger partial charge in [-0.05, 0) is 33.6 Å². The van der Waals surface area contributed by atoms with Crippen LogP contribution in [0.3, 0.4) is 0 Å². The summed E-state index contributed by atoms with van der Waals surface area (Å²) in [4.78, 5) is 24.6. The van der Waals surface area contributed by atoms with Gasteiger partial charge >= 0.3 is 0 Å². The van der Waals surface area contributed by atoms with E-state index < -0.39 is 0 Å². The minimum absolute atomic E-state index is 0.0206. The summed E-state index contributed by atoms with van der Waals surface area (Å²) in [5.41, 5.74) is 0. The Kier molecular flexibility index (Phi) is 39.2. The highest BCUT2D eigenvalue weighted by atomic mass is 16.5. The Hall–Kier alpha value is -1.14. The van der Waals surface area contributed by atoms with E-state index in [-0.39, 0.29) is 30.1 Å². The van der Waals surface area contributed by atoms with Crippen LogP contribution in [0.1, 0.15) is 240 Å². The van der Waals surface area contributed by atoms with Crippen molar-refractivity contribution >= 4 is 11.8 Å². The Balaban J connectivity index is 3.55. The molecule has 0 aromatic heterocycles. The molecular formula is C45H90N2O4. The van der Waals surface area contributed by atoms with E-state index in [0.29, 0.717) is 32.6 Å². The number of amides is 2. The van der Waals surface area contributed by atoms with Gasteiger partial charge in [-0.3, -0.25) is 9.59 Å². The number of nitrogens with one attached hydrogen (secondary N) is 2.